The van der Waals surface area contributed by atoms with Crippen LogP contribution in [0.1, 0.15) is 26.7 Å². The van der Waals surface area contributed by atoms with Crippen molar-refractivity contribution in [2.75, 3.05) is 46.4 Å². The van der Waals surface area contributed by atoms with Gasteiger partial charge in [0, 0.05) is 39.3 Å². The van der Waals surface area contributed by atoms with Gasteiger partial charge in [0.2, 0.25) is 0 Å². The maximum atomic E-state index is 5.95. The first-order valence-corrected chi connectivity index (χ1v) is 7.00. The van der Waals surface area contributed by atoms with Gasteiger partial charge in [0.05, 0.1) is 13.2 Å². The highest BCUT2D eigenvalue weighted by molar-refractivity contribution is 5.77. The Balaban J connectivity index is 2.30. The highest BCUT2D eigenvalue weighted by atomic mass is 16.5. The first-order chi connectivity index (χ1) is 8.72. The van der Waals surface area contributed by atoms with Gasteiger partial charge in [0.15, 0.2) is 5.96 Å². The number of guanidine groups is 1. The van der Waals surface area contributed by atoms with Crippen LogP contribution in [-0.2, 0) is 4.74 Å². The van der Waals surface area contributed by atoms with Gasteiger partial charge in [-0.1, -0.05) is 0 Å². The van der Waals surface area contributed by atoms with Gasteiger partial charge in [-0.25, -0.2) is 0 Å². The van der Waals surface area contributed by atoms with Gasteiger partial charge in [0.1, 0.15) is 0 Å². The number of hydrogen-bond donors (Lipinski definition) is 1. The number of hydrogen-bond acceptors (Lipinski definition) is 3. The summed E-state index contributed by atoms with van der Waals surface area (Å²) in [6.07, 6.45) is 2.64. The summed E-state index contributed by atoms with van der Waals surface area (Å²) < 4.78 is 5.14. The SMILES string of the molecule is CCN(CC)C(N)=NCCN(CCOC)C1CC1. The van der Waals surface area contributed by atoms with Gasteiger partial charge in [-0.3, -0.25) is 9.89 Å². The Bertz CT molecular complexity index is 249. The smallest absolute Gasteiger partial charge is 0.191 e. The van der Waals surface area contributed by atoms with E-state index in [-0.39, 0.29) is 0 Å². The number of aliphatic imine (C=N–C) groups is 1. The summed E-state index contributed by atoms with van der Waals surface area (Å²) >= 11 is 0. The summed E-state index contributed by atoms with van der Waals surface area (Å²) in [6.45, 7) is 9.60. The van der Waals surface area contributed by atoms with Crippen molar-refractivity contribution < 1.29 is 4.74 Å². The standard InChI is InChI=1S/C13H28N4O/c1-4-16(5-2)13(14)15-8-9-17(10-11-18-3)12-6-7-12/h12H,4-11H2,1-3H3,(H2,14,15). The Hall–Kier alpha value is -0.810. The molecular weight excluding hydrogens is 228 g/mol. The largest absolute Gasteiger partial charge is 0.383 e. The molecule has 0 atom stereocenters. The molecule has 0 aromatic heterocycles. The molecule has 0 unspecified atom stereocenters. The zero-order chi connectivity index (χ0) is 13.4. The minimum Gasteiger partial charge on any atom is -0.383 e. The van der Waals surface area contributed by atoms with E-state index in [0.29, 0.717) is 5.96 Å². The predicted molar refractivity (Wildman–Crippen MR) is 75.9 cm³/mol. The van der Waals surface area contributed by atoms with Crippen LogP contribution in [0, 0.1) is 0 Å². The third-order valence-corrected chi connectivity index (χ3v) is 3.39. The van der Waals surface area contributed by atoms with Crippen LogP contribution >= 0.6 is 0 Å². The number of ether oxygens (including phenoxy) is 1. The Kier molecular flexibility index (Phi) is 7.05. The molecule has 1 rings (SSSR count). The summed E-state index contributed by atoms with van der Waals surface area (Å²) in [5.74, 6) is 0.669. The zero-order valence-corrected chi connectivity index (χ0v) is 12.1. The quantitative estimate of drug-likeness (QED) is 0.489. The molecule has 106 valence electrons. The third-order valence-electron chi connectivity index (χ3n) is 3.39. The zero-order valence-electron chi connectivity index (χ0n) is 12.1. The van der Waals surface area contributed by atoms with E-state index in [2.05, 4.69) is 28.6 Å². The summed E-state index contributed by atoms with van der Waals surface area (Å²) in [5.41, 5.74) is 5.95. The molecule has 1 aliphatic carbocycles. The van der Waals surface area contributed by atoms with Gasteiger partial charge < -0.3 is 15.4 Å². The van der Waals surface area contributed by atoms with Gasteiger partial charge >= 0.3 is 0 Å². The summed E-state index contributed by atoms with van der Waals surface area (Å²) in [6, 6.07) is 0.755. The van der Waals surface area contributed by atoms with Crippen molar-refractivity contribution in [1.82, 2.24) is 9.80 Å². The van der Waals surface area contributed by atoms with Crippen molar-refractivity contribution in [3.63, 3.8) is 0 Å². The first kappa shape index (κ1) is 15.2. The van der Waals surface area contributed by atoms with Crippen molar-refractivity contribution in [3.05, 3.63) is 0 Å². The Labute approximate surface area is 111 Å². The van der Waals surface area contributed by atoms with E-state index in [4.69, 9.17) is 10.5 Å². The first-order valence-electron chi connectivity index (χ1n) is 7.00. The van der Waals surface area contributed by atoms with Crippen molar-refractivity contribution in [2.45, 2.75) is 32.7 Å². The van der Waals surface area contributed by atoms with Gasteiger partial charge in [-0.15, -0.1) is 0 Å². The van der Waals surface area contributed by atoms with Crippen LogP contribution in [-0.4, -0.2) is 68.2 Å². The van der Waals surface area contributed by atoms with Crippen molar-refractivity contribution >= 4 is 5.96 Å². The lowest BCUT2D eigenvalue weighted by molar-refractivity contribution is 0.145. The normalized spacial score (nSPS) is 16.3. The molecule has 1 aliphatic rings. The van der Waals surface area contributed by atoms with Gasteiger partial charge in [-0.2, -0.15) is 0 Å². The molecule has 0 spiro atoms. The van der Waals surface area contributed by atoms with E-state index >= 15 is 0 Å². The van der Waals surface area contributed by atoms with Crippen molar-refractivity contribution in [1.29, 1.82) is 0 Å². The maximum Gasteiger partial charge on any atom is 0.191 e. The second kappa shape index (κ2) is 8.32. The molecule has 0 radical (unpaired) electrons. The third kappa shape index (κ3) is 5.23. The van der Waals surface area contributed by atoms with E-state index in [1.54, 1.807) is 7.11 Å². The van der Waals surface area contributed by atoms with E-state index in [0.717, 1.165) is 45.4 Å². The maximum absolute atomic E-state index is 5.95. The molecule has 5 nitrogen and oxygen atoms in total. The molecule has 1 fully saturated rings. The molecule has 0 saturated heterocycles. The fourth-order valence-corrected chi connectivity index (χ4v) is 2.07. The molecule has 0 heterocycles. The molecule has 0 aromatic rings. The Morgan fingerprint density at radius 1 is 1.28 bits per heavy atom. The molecule has 0 aromatic carbocycles. The Morgan fingerprint density at radius 3 is 2.44 bits per heavy atom. The van der Waals surface area contributed by atoms with Crippen LogP contribution in [0.4, 0.5) is 0 Å². The average Bonchev–Trinajstić information content (AvgIpc) is 3.19. The van der Waals surface area contributed by atoms with Crippen LogP contribution in [0.15, 0.2) is 4.99 Å². The minimum atomic E-state index is 0.669. The second-order valence-electron chi connectivity index (χ2n) is 4.67. The molecule has 0 amide bonds. The van der Waals surface area contributed by atoms with Crippen LogP contribution in [0.5, 0.6) is 0 Å². The number of methoxy groups -OCH3 is 1. The number of nitrogens with two attached hydrogens (primary N) is 1. The van der Waals surface area contributed by atoms with Gasteiger partial charge in [-0.05, 0) is 26.7 Å². The van der Waals surface area contributed by atoms with Crippen molar-refractivity contribution in [2.24, 2.45) is 10.7 Å². The van der Waals surface area contributed by atoms with E-state index in [1.165, 1.54) is 12.8 Å². The average molecular weight is 256 g/mol. The van der Waals surface area contributed by atoms with Crippen LogP contribution < -0.4 is 5.73 Å². The number of rotatable bonds is 9. The highest BCUT2D eigenvalue weighted by Gasteiger charge is 2.28. The molecule has 1 saturated carbocycles. The fourth-order valence-electron chi connectivity index (χ4n) is 2.07. The topological polar surface area (TPSA) is 54.1 Å². The fraction of sp³-hybridized carbons (Fsp3) is 0.923. The molecular formula is C13H28N4O. The van der Waals surface area contributed by atoms with Crippen LogP contribution in [0.25, 0.3) is 0 Å². The minimum absolute atomic E-state index is 0.669. The summed E-state index contributed by atoms with van der Waals surface area (Å²) in [7, 11) is 1.75. The molecule has 0 aliphatic heterocycles. The second-order valence-corrected chi connectivity index (χ2v) is 4.67. The lowest BCUT2D eigenvalue weighted by atomic mass is 10.4. The summed E-state index contributed by atoms with van der Waals surface area (Å²) in [4.78, 5) is 9.00. The van der Waals surface area contributed by atoms with Crippen LogP contribution in [0.3, 0.4) is 0 Å². The Morgan fingerprint density at radius 2 is 1.94 bits per heavy atom. The molecule has 18 heavy (non-hydrogen) atoms. The lowest BCUT2D eigenvalue weighted by Gasteiger charge is -2.22. The molecule has 2 N–H and O–H groups in total. The highest BCUT2D eigenvalue weighted by Crippen LogP contribution is 2.26. The van der Waals surface area contributed by atoms with E-state index in [1.807, 2.05) is 0 Å². The lowest BCUT2D eigenvalue weighted by Crippen LogP contribution is -2.38. The number of nitrogens with zero attached hydrogens (tertiary/aromatic N) is 3. The van der Waals surface area contributed by atoms with E-state index < -0.39 is 0 Å². The summed E-state index contributed by atoms with van der Waals surface area (Å²) in [5, 5.41) is 0. The van der Waals surface area contributed by atoms with E-state index in [9.17, 15) is 0 Å². The monoisotopic (exact) mass is 256 g/mol. The predicted octanol–water partition coefficient (Wildman–Crippen LogP) is 0.754. The van der Waals surface area contributed by atoms with Crippen molar-refractivity contribution in [3.8, 4) is 0 Å². The molecule has 5 heteroatoms. The van der Waals surface area contributed by atoms with Crippen LogP contribution in [0.2, 0.25) is 0 Å². The molecule has 0 bridgehead atoms. The van der Waals surface area contributed by atoms with Gasteiger partial charge in [0.25, 0.3) is 0 Å².